The number of carbonyl (C=O) groups excluding carboxylic acids is 2. The lowest BCUT2D eigenvalue weighted by atomic mass is 9.84. The molecule has 5 rings (SSSR count). The number of nitrogens with one attached hydrogen (secondary N) is 1. The highest BCUT2D eigenvalue weighted by Crippen LogP contribution is 2.47. The number of benzene rings is 2. The van der Waals surface area contributed by atoms with E-state index in [4.69, 9.17) is 4.74 Å². The summed E-state index contributed by atoms with van der Waals surface area (Å²) in [6, 6.07) is 6.97. The van der Waals surface area contributed by atoms with Crippen LogP contribution < -0.4 is 5.32 Å². The van der Waals surface area contributed by atoms with Gasteiger partial charge in [-0.2, -0.15) is 13.2 Å². The van der Waals surface area contributed by atoms with Crippen molar-refractivity contribution in [3.05, 3.63) is 70.3 Å². The third kappa shape index (κ3) is 6.40. The predicted molar refractivity (Wildman–Crippen MR) is 139 cm³/mol. The first-order valence-electron chi connectivity index (χ1n) is 13.9. The minimum Gasteiger partial charge on any atom is -0.465 e. The lowest BCUT2D eigenvalue weighted by Crippen LogP contribution is -2.57. The summed E-state index contributed by atoms with van der Waals surface area (Å²) in [6.45, 7) is 1.70. The third-order valence-electron chi connectivity index (χ3n) is 8.65. The van der Waals surface area contributed by atoms with E-state index in [1.54, 1.807) is 12.1 Å². The van der Waals surface area contributed by atoms with Gasteiger partial charge in [-0.15, -0.1) is 0 Å². The van der Waals surface area contributed by atoms with Crippen LogP contribution in [0.1, 0.15) is 71.5 Å². The van der Waals surface area contributed by atoms with Gasteiger partial charge in [0.05, 0.1) is 24.8 Å². The van der Waals surface area contributed by atoms with Crippen LogP contribution in [-0.2, 0) is 27.0 Å². The van der Waals surface area contributed by atoms with E-state index in [2.05, 4.69) is 15.0 Å². The molecule has 1 saturated carbocycles. The molecule has 1 amide bonds. The number of amides is 1. The van der Waals surface area contributed by atoms with E-state index in [1.807, 2.05) is 0 Å². The lowest BCUT2D eigenvalue weighted by molar-refractivity contribution is -0.165. The zero-order valence-electron chi connectivity index (χ0n) is 22.7. The minimum absolute atomic E-state index is 0.0352. The molecule has 3 aliphatic rings. The first-order chi connectivity index (χ1) is 19.5. The molecule has 3 fully saturated rings. The molecule has 2 heterocycles. The van der Waals surface area contributed by atoms with Crippen LogP contribution >= 0.6 is 0 Å². The van der Waals surface area contributed by atoms with Crippen molar-refractivity contribution in [1.82, 2.24) is 10.2 Å². The van der Waals surface area contributed by atoms with Gasteiger partial charge in [-0.1, -0.05) is 6.07 Å². The van der Waals surface area contributed by atoms with Crippen LogP contribution in [0.25, 0.3) is 0 Å². The smallest absolute Gasteiger partial charge is 0.416 e. The van der Waals surface area contributed by atoms with E-state index in [0.29, 0.717) is 19.1 Å². The molecule has 1 aliphatic carbocycles. The van der Waals surface area contributed by atoms with Crippen LogP contribution in [-0.4, -0.2) is 55.2 Å². The van der Waals surface area contributed by atoms with Crippen LogP contribution in [0.15, 0.2) is 36.4 Å². The molecule has 2 aromatic rings. The van der Waals surface area contributed by atoms with E-state index in [9.17, 15) is 31.5 Å². The Balaban J connectivity index is 1.17. The Hall–Kier alpha value is -3.05. The van der Waals surface area contributed by atoms with E-state index in [-0.39, 0.29) is 41.5 Å². The summed E-state index contributed by atoms with van der Waals surface area (Å²) in [7, 11) is 1.22. The summed E-state index contributed by atoms with van der Waals surface area (Å²) < 4.78 is 78.1. The fourth-order valence-electron chi connectivity index (χ4n) is 6.21. The zero-order valence-corrected chi connectivity index (χ0v) is 22.7. The molecule has 41 heavy (non-hydrogen) atoms. The van der Waals surface area contributed by atoms with Gasteiger partial charge >= 0.3 is 12.1 Å². The van der Waals surface area contributed by atoms with Gasteiger partial charge in [0.1, 0.15) is 17.2 Å². The normalized spacial score (nSPS) is 24.2. The highest BCUT2D eigenvalue weighted by molar-refractivity contribution is 5.89. The summed E-state index contributed by atoms with van der Waals surface area (Å²) in [5, 5.41) is 2.70. The van der Waals surface area contributed by atoms with Gasteiger partial charge in [-0.05, 0) is 105 Å². The number of alkyl halides is 3. The zero-order chi connectivity index (χ0) is 29.4. The molecular formula is C30H33F5N2O4. The largest absolute Gasteiger partial charge is 0.465 e. The molecule has 2 atom stereocenters. The van der Waals surface area contributed by atoms with Crippen LogP contribution in [0.5, 0.6) is 0 Å². The maximum Gasteiger partial charge on any atom is 0.416 e. The second-order valence-corrected chi connectivity index (χ2v) is 11.2. The molecule has 11 heteroatoms. The quantitative estimate of drug-likeness (QED) is 0.342. The predicted octanol–water partition coefficient (Wildman–Crippen LogP) is 5.59. The molecule has 2 aliphatic heterocycles. The topological polar surface area (TPSA) is 67.9 Å². The Morgan fingerprint density at radius 1 is 1.05 bits per heavy atom. The number of nitrogens with zero attached hydrogens (tertiary/aromatic N) is 1. The number of hydrogen-bond donors (Lipinski definition) is 1. The lowest BCUT2D eigenvalue weighted by Gasteiger charge is -2.45. The molecule has 0 radical (unpaired) electrons. The van der Waals surface area contributed by atoms with Gasteiger partial charge in [0, 0.05) is 12.6 Å². The van der Waals surface area contributed by atoms with Gasteiger partial charge < -0.3 is 14.8 Å². The van der Waals surface area contributed by atoms with E-state index < -0.39 is 34.9 Å². The molecule has 0 bridgehead atoms. The van der Waals surface area contributed by atoms with Gasteiger partial charge in [0.15, 0.2) is 0 Å². The third-order valence-corrected chi connectivity index (χ3v) is 8.65. The average molecular weight is 581 g/mol. The Morgan fingerprint density at radius 3 is 2.39 bits per heavy atom. The van der Waals surface area contributed by atoms with Gasteiger partial charge in [-0.3, -0.25) is 9.69 Å². The van der Waals surface area contributed by atoms with Gasteiger partial charge in [0.2, 0.25) is 0 Å². The molecule has 2 saturated heterocycles. The first-order valence-corrected chi connectivity index (χ1v) is 13.9. The number of hydrogen-bond acceptors (Lipinski definition) is 5. The maximum atomic E-state index is 14.1. The van der Waals surface area contributed by atoms with Crippen LogP contribution in [0, 0.1) is 17.6 Å². The second-order valence-electron chi connectivity index (χ2n) is 11.2. The van der Waals surface area contributed by atoms with Crippen molar-refractivity contribution in [1.29, 1.82) is 0 Å². The van der Waals surface area contributed by atoms with Crippen molar-refractivity contribution in [3.63, 3.8) is 0 Å². The van der Waals surface area contributed by atoms with E-state index >= 15 is 0 Å². The van der Waals surface area contributed by atoms with Crippen molar-refractivity contribution in [2.75, 3.05) is 26.8 Å². The molecule has 0 unspecified atom stereocenters. The van der Waals surface area contributed by atoms with Crippen molar-refractivity contribution >= 4 is 11.9 Å². The second kappa shape index (κ2) is 11.7. The standard InChI is InChI=1S/C30H33F5N2O4/c1-40-27(38)25-14-20(2-5-26(25)32)19-7-10-37(11-8-19)24-6-9-29(41-17-24,21-3-4-21)28(39)36-16-18-12-22(30(33,34)35)15-23(31)13-18/h2,5,12-15,19,21,24H,3-4,6-11,16-17H2,1H3,(H,36,39)/t24-,29+/m1/s1. The number of ether oxygens (including phenoxy) is 2. The van der Waals surface area contributed by atoms with Crippen LogP contribution in [0.3, 0.4) is 0 Å². The number of methoxy groups -OCH3 is 1. The monoisotopic (exact) mass is 580 g/mol. The Morgan fingerprint density at radius 2 is 1.78 bits per heavy atom. The van der Waals surface area contributed by atoms with Crippen molar-refractivity contribution in [3.8, 4) is 0 Å². The SMILES string of the molecule is COC(=O)c1cc(C2CCN([C@@H]3CC[C@@](C(=O)NCc4cc(F)cc(C(F)(F)F)c4)(C4CC4)OC3)CC2)ccc1F. The number of carbonyl (C=O) groups is 2. The Labute approximate surface area is 235 Å². The molecular weight excluding hydrogens is 547 g/mol. The molecule has 6 nitrogen and oxygen atoms in total. The number of esters is 1. The fraction of sp³-hybridized carbons (Fsp3) is 0.533. The molecule has 1 N–H and O–H groups in total. The molecule has 0 spiro atoms. The Bertz CT molecular complexity index is 1280. The summed E-state index contributed by atoms with van der Waals surface area (Å²) >= 11 is 0. The fourth-order valence-corrected chi connectivity index (χ4v) is 6.21. The summed E-state index contributed by atoms with van der Waals surface area (Å²) in [6.07, 6.45) is -0.132. The summed E-state index contributed by atoms with van der Waals surface area (Å²) in [4.78, 5) is 27.5. The highest BCUT2D eigenvalue weighted by Gasteiger charge is 2.54. The van der Waals surface area contributed by atoms with Gasteiger partial charge in [0.25, 0.3) is 5.91 Å². The highest BCUT2D eigenvalue weighted by atomic mass is 19.4. The first kappa shape index (κ1) is 29.4. The van der Waals surface area contributed by atoms with Crippen LogP contribution in [0.2, 0.25) is 0 Å². The van der Waals surface area contributed by atoms with Crippen molar-refractivity contribution < 1.29 is 41.0 Å². The van der Waals surface area contributed by atoms with Gasteiger partial charge in [-0.25, -0.2) is 13.6 Å². The summed E-state index contributed by atoms with van der Waals surface area (Å²) in [5.74, 6) is -2.46. The maximum absolute atomic E-state index is 14.1. The molecule has 2 aromatic carbocycles. The number of piperidine rings is 1. The molecule has 222 valence electrons. The summed E-state index contributed by atoms with van der Waals surface area (Å²) in [5.41, 5.74) is -1.26. The number of halogens is 5. The van der Waals surface area contributed by atoms with Crippen LogP contribution in [0.4, 0.5) is 22.0 Å². The van der Waals surface area contributed by atoms with Crippen molar-refractivity contribution in [2.24, 2.45) is 5.92 Å². The number of likely N-dealkylation sites (tertiary alicyclic amines) is 1. The van der Waals surface area contributed by atoms with Crippen molar-refractivity contribution in [2.45, 2.75) is 68.8 Å². The van der Waals surface area contributed by atoms with E-state index in [0.717, 1.165) is 62.9 Å². The molecule has 0 aromatic heterocycles. The van der Waals surface area contributed by atoms with E-state index in [1.165, 1.54) is 13.2 Å². The Kier molecular flexibility index (Phi) is 8.39. The average Bonchev–Trinajstić information content (AvgIpc) is 3.81. The number of rotatable bonds is 7. The minimum atomic E-state index is -4.68.